The first kappa shape index (κ1) is 25.6. The van der Waals surface area contributed by atoms with Crippen molar-refractivity contribution in [1.29, 1.82) is 0 Å². The minimum absolute atomic E-state index is 0. The summed E-state index contributed by atoms with van der Waals surface area (Å²) in [6, 6.07) is 0. The molecule has 2 N–H and O–H groups in total. The highest BCUT2D eigenvalue weighted by Crippen LogP contribution is 2.06. The Labute approximate surface area is 164 Å². The molecule has 0 aliphatic rings. The van der Waals surface area contributed by atoms with Crippen LogP contribution in [0.3, 0.4) is 0 Å². The number of nitrogens with one attached hydrogen (secondary N) is 2. The maximum atomic E-state index is 11.7. The van der Waals surface area contributed by atoms with Gasteiger partial charge in [0, 0.05) is 39.9 Å². The Morgan fingerprint density at radius 2 is 1.88 bits per heavy atom. The molecule has 0 aliphatic carbocycles. The number of carbonyl (C=O) groups excluding carboxylic acids is 1. The van der Waals surface area contributed by atoms with Gasteiger partial charge in [-0.1, -0.05) is 0 Å². The predicted octanol–water partition coefficient (Wildman–Crippen LogP) is 1.47. The molecule has 8 heteroatoms. The van der Waals surface area contributed by atoms with Crippen LogP contribution in [0.15, 0.2) is 4.99 Å². The molecule has 7 nitrogen and oxygen atoms in total. The van der Waals surface area contributed by atoms with Crippen molar-refractivity contribution < 1.29 is 14.3 Å². The summed E-state index contributed by atoms with van der Waals surface area (Å²) < 4.78 is 10.3. The highest BCUT2D eigenvalue weighted by Gasteiger charge is 2.15. The van der Waals surface area contributed by atoms with E-state index < -0.39 is 5.60 Å². The smallest absolute Gasteiger partial charge is 0.328 e. The van der Waals surface area contributed by atoms with E-state index in [1.165, 1.54) is 0 Å². The molecule has 0 unspecified atom stereocenters. The number of esters is 1. The van der Waals surface area contributed by atoms with E-state index in [2.05, 4.69) is 27.6 Å². The molecule has 0 aromatic carbocycles. The zero-order valence-corrected chi connectivity index (χ0v) is 18.3. The van der Waals surface area contributed by atoms with Gasteiger partial charge in [-0.05, 0) is 41.2 Å². The fraction of sp³-hybridized carbons (Fsp3) is 0.875. The molecule has 0 saturated carbocycles. The monoisotopic (exact) mass is 458 g/mol. The first-order valence-electron chi connectivity index (χ1n) is 8.20. The summed E-state index contributed by atoms with van der Waals surface area (Å²) in [5.74, 6) is 0.301. The van der Waals surface area contributed by atoms with Gasteiger partial charge in [0.25, 0.3) is 0 Å². The van der Waals surface area contributed by atoms with Crippen LogP contribution in [0.4, 0.5) is 0 Å². The molecule has 0 heterocycles. The molecule has 0 radical (unpaired) electrons. The van der Waals surface area contributed by atoms with E-state index in [4.69, 9.17) is 9.47 Å². The second kappa shape index (κ2) is 14.7. The first-order chi connectivity index (χ1) is 10.8. The van der Waals surface area contributed by atoms with Crippen molar-refractivity contribution in [3.8, 4) is 0 Å². The van der Waals surface area contributed by atoms with Crippen LogP contribution in [-0.4, -0.2) is 75.9 Å². The third-order valence-corrected chi connectivity index (χ3v) is 2.80. The standard InChI is InChI=1S/C16H34N4O3.HI/c1-7-17-15(19-13-14(21)23-16(2,3)4)18-9-11-20(5)10-8-12-22-6;/h7-13H2,1-6H3,(H2,17,18,19);1H. The Bertz CT molecular complexity index is 360. The molecule has 0 fully saturated rings. The van der Waals surface area contributed by atoms with E-state index in [9.17, 15) is 4.79 Å². The topological polar surface area (TPSA) is 75.2 Å². The molecule has 24 heavy (non-hydrogen) atoms. The number of hydrogen-bond donors (Lipinski definition) is 2. The van der Waals surface area contributed by atoms with Gasteiger partial charge in [-0.2, -0.15) is 0 Å². The number of rotatable bonds is 10. The molecular formula is C16H35IN4O3. The third kappa shape index (κ3) is 16.3. The van der Waals surface area contributed by atoms with E-state index in [1.54, 1.807) is 7.11 Å². The maximum absolute atomic E-state index is 11.7. The molecule has 0 saturated heterocycles. The van der Waals surface area contributed by atoms with Crippen molar-refractivity contribution in [3.05, 3.63) is 0 Å². The Kier molecular flexibility index (Phi) is 15.7. The SMILES string of the molecule is CCNC(=NCC(=O)OC(C)(C)C)NCCN(C)CCCOC.I. The second-order valence-corrected chi connectivity index (χ2v) is 6.36. The quantitative estimate of drug-likeness (QED) is 0.170. The average Bonchev–Trinajstić information content (AvgIpc) is 2.43. The molecule has 0 spiro atoms. The van der Waals surface area contributed by atoms with Gasteiger partial charge in [0.1, 0.15) is 12.1 Å². The number of carbonyl (C=O) groups is 1. The summed E-state index contributed by atoms with van der Waals surface area (Å²) in [6.07, 6.45) is 1.01. The summed E-state index contributed by atoms with van der Waals surface area (Å²) in [5, 5.41) is 6.34. The van der Waals surface area contributed by atoms with Gasteiger partial charge < -0.3 is 25.0 Å². The van der Waals surface area contributed by atoms with E-state index in [-0.39, 0.29) is 36.5 Å². The van der Waals surface area contributed by atoms with Crippen LogP contribution >= 0.6 is 24.0 Å². The number of nitrogens with zero attached hydrogens (tertiary/aromatic N) is 2. The number of likely N-dealkylation sites (N-methyl/N-ethyl adjacent to an activating group) is 1. The van der Waals surface area contributed by atoms with Crippen LogP contribution in [0.25, 0.3) is 0 Å². The van der Waals surface area contributed by atoms with Crippen molar-refractivity contribution >= 4 is 35.9 Å². The highest BCUT2D eigenvalue weighted by molar-refractivity contribution is 14.0. The number of halogens is 1. The number of aliphatic imine (C=N–C) groups is 1. The van der Waals surface area contributed by atoms with E-state index in [0.717, 1.165) is 39.2 Å². The number of guanidine groups is 1. The fourth-order valence-corrected chi connectivity index (χ4v) is 1.81. The lowest BCUT2D eigenvalue weighted by molar-refractivity contribution is -0.152. The van der Waals surface area contributed by atoms with Crippen LogP contribution in [0.5, 0.6) is 0 Å². The third-order valence-electron chi connectivity index (χ3n) is 2.80. The summed E-state index contributed by atoms with van der Waals surface area (Å²) in [4.78, 5) is 18.2. The van der Waals surface area contributed by atoms with Crippen LogP contribution in [0, 0.1) is 0 Å². The lowest BCUT2D eigenvalue weighted by atomic mass is 10.2. The van der Waals surface area contributed by atoms with Gasteiger partial charge in [0.15, 0.2) is 5.96 Å². The maximum Gasteiger partial charge on any atom is 0.328 e. The number of methoxy groups -OCH3 is 1. The van der Waals surface area contributed by atoms with Crippen molar-refractivity contribution in [1.82, 2.24) is 15.5 Å². The zero-order valence-electron chi connectivity index (χ0n) is 16.0. The van der Waals surface area contributed by atoms with Crippen molar-refractivity contribution in [2.75, 3.05) is 53.5 Å². The minimum Gasteiger partial charge on any atom is -0.459 e. The van der Waals surface area contributed by atoms with E-state index >= 15 is 0 Å². The van der Waals surface area contributed by atoms with Crippen molar-refractivity contribution in [3.63, 3.8) is 0 Å². The summed E-state index contributed by atoms with van der Waals surface area (Å²) in [7, 11) is 3.79. The number of hydrogen-bond acceptors (Lipinski definition) is 5. The number of ether oxygens (including phenoxy) is 2. The van der Waals surface area contributed by atoms with Crippen LogP contribution in [0.2, 0.25) is 0 Å². The molecule has 0 bridgehead atoms. The van der Waals surface area contributed by atoms with Gasteiger partial charge in [0.05, 0.1) is 0 Å². The Morgan fingerprint density at radius 3 is 2.42 bits per heavy atom. The summed E-state index contributed by atoms with van der Waals surface area (Å²) in [5.41, 5.74) is -0.483. The molecule has 0 atom stereocenters. The average molecular weight is 458 g/mol. The minimum atomic E-state index is -0.483. The largest absolute Gasteiger partial charge is 0.459 e. The van der Waals surface area contributed by atoms with Crippen molar-refractivity contribution in [2.24, 2.45) is 4.99 Å². The Hall–Kier alpha value is -0.610. The van der Waals surface area contributed by atoms with Crippen LogP contribution in [-0.2, 0) is 14.3 Å². The second-order valence-electron chi connectivity index (χ2n) is 6.36. The predicted molar refractivity (Wildman–Crippen MR) is 109 cm³/mol. The first-order valence-corrected chi connectivity index (χ1v) is 8.20. The van der Waals surface area contributed by atoms with Crippen LogP contribution < -0.4 is 10.6 Å². The summed E-state index contributed by atoms with van der Waals surface area (Å²) in [6.45, 7) is 11.7. The summed E-state index contributed by atoms with van der Waals surface area (Å²) >= 11 is 0. The van der Waals surface area contributed by atoms with E-state index in [0.29, 0.717) is 5.96 Å². The van der Waals surface area contributed by atoms with Gasteiger partial charge in [-0.15, -0.1) is 24.0 Å². The molecule has 0 amide bonds. The van der Waals surface area contributed by atoms with Gasteiger partial charge in [-0.3, -0.25) is 4.79 Å². The lowest BCUT2D eigenvalue weighted by Gasteiger charge is -2.19. The molecule has 144 valence electrons. The Morgan fingerprint density at radius 1 is 1.21 bits per heavy atom. The van der Waals surface area contributed by atoms with Crippen molar-refractivity contribution in [2.45, 2.75) is 39.7 Å². The Balaban J connectivity index is 0. The normalized spacial score (nSPS) is 11.9. The van der Waals surface area contributed by atoms with Gasteiger partial charge >= 0.3 is 5.97 Å². The van der Waals surface area contributed by atoms with Gasteiger partial charge in [-0.25, -0.2) is 4.99 Å². The molecule has 0 aromatic rings. The fourth-order valence-electron chi connectivity index (χ4n) is 1.81. The van der Waals surface area contributed by atoms with Crippen LogP contribution in [0.1, 0.15) is 34.1 Å². The molecular weight excluding hydrogens is 423 g/mol. The van der Waals surface area contributed by atoms with Gasteiger partial charge in [0.2, 0.25) is 0 Å². The molecule has 0 rings (SSSR count). The zero-order chi connectivity index (χ0) is 17.7. The lowest BCUT2D eigenvalue weighted by Crippen LogP contribution is -2.41. The highest BCUT2D eigenvalue weighted by atomic mass is 127. The molecule has 0 aromatic heterocycles. The van der Waals surface area contributed by atoms with E-state index in [1.807, 2.05) is 27.7 Å². The molecule has 0 aliphatic heterocycles.